The van der Waals surface area contributed by atoms with Gasteiger partial charge < -0.3 is 14.2 Å². The highest BCUT2D eigenvalue weighted by Gasteiger charge is 2.14. The lowest BCUT2D eigenvalue weighted by molar-refractivity contribution is 0.0951. The Hall–Kier alpha value is -3.94. The second-order valence-electron chi connectivity index (χ2n) is 8.03. The third-order valence-electron chi connectivity index (χ3n) is 5.34. The fraction of sp³-hybridized carbons (Fsp3) is 0.0741. The van der Waals surface area contributed by atoms with Crippen LogP contribution in [0.4, 0.5) is 5.69 Å². The number of carbonyl (C=O) groups excluding carboxylic acids is 1. The second-order valence-corrected chi connectivity index (χ2v) is 8.88. The highest BCUT2D eigenvalue weighted by molar-refractivity contribution is 7.80. The summed E-state index contributed by atoms with van der Waals surface area (Å²) in [4.78, 5) is 17.1. The molecule has 0 atom stereocenters. The van der Waals surface area contributed by atoms with Crippen molar-refractivity contribution in [2.24, 2.45) is 0 Å². The number of hydrogen-bond donors (Lipinski definition) is 2. The Bertz CT molecular complexity index is 1520. The van der Waals surface area contributed by atoms with Crippen LogP contribution in [0.5, 0.6) is 0 Å². The van der Waals surface area contributed by atoms with E-state index in [2.05, 4.69) is 15.6 Å². The topological polar surface area (TPSA) is 80.3 Å². The van der Waals surface area contributed by atoms with Crippen LogP contribution in [0.15, 0.2) is 87.7 Å². The number of anilines is 1. The van der Waals surface area contributed by atoms with Gasteiger partial charge in [-0.3, -0.25) is 10.1 Å². The van der Waals surface area contributed by atoms with Crippen LogP contribution in [0, 0.1) is 6.92 Å². The van der Waals surface area contributed by atoms with Crippen molar-refractivity contribution in [1.82, 2.24) is 10.3 Å². The van der Waals surface area contributed by atoms with Crippen molar-refractivity contribution in [3.05, 3.63) is 107 Å². The number of thiocarbonyl (C=S) groups is 1. The molecule has 0 fully saturated rings. The average molecular weight is 502 g/mol. The first-order valence-electron chi connectivity index (χ1n) is 10.9. The lowest BCUT2D eigenvalue weighted by atomic mass is 10.1. The molecule has 0 radical (unpaired) electrons. The molecule has 2 aromatic heterocycles. The Kier molecular flexibility index (Phi) is 6.35. The van der Waals surface area contributed by atoms with Crippen molar-refractivity contribution in [2.75, 3.05) is 5.32 Å². The summed E-state index contributed by atoms with van der Waals surface area (Å²) in [5.74, 6) is 0.939. The Morgan fingerprint density at radius 1 is 0.971 bits per heavy atom. The third-order valence-corrected chi connectivity index (χ3v) is 5.80. The monoisotopic (exact) mass is 501 g/mol. The number of oxazole rings is 1. The first-order valence-corrected chi connectivity index (χ1v) is 11.6. The van der Waals surface area contributed by atoms with Crippen molar-refractivity contribution in [3.63, 3.8) is 0 Å². The maximum Gasteiger partial charge on any atom is 0.293 e. The van der Waals surface area contributed by atoms with Crippen LogP contribution in [-0.2, 0) is 6.42 Å². The summed E-state index contributed by atoms with van der Waals surface area (Å²) in [6.07, 6.45) is 0.573. The van der Waals surface area contributed by atoms with Gasteiger partial charge in [-0.15, -0.1) is 0 Å². The molecular weight excluding hydrogens is 482 g/mol. The third kappa shape index (κ3) is 5.42. The van der Waals surface area contributed by atoms with Crippen LogP contribution in [0.1, 0.15) is 27.6 Å². The summed E-state index contributed by atoms with van der Waals surface area (Å²) >= 11 is 11.2. The largest absolute Gasteiger partial charge is 0.451 e. The highest BCUT2D eigenvalue weighted by atomic mass is 35.5. The normalized spacial score (nSPS) is 10.9. The van der Waals surface area contributed by atoms with Crippen LogP contribution in [0.2, 0.25) is 5.02 Å². The molecule has 5 aromatic rings. The van der Waals surface area contributed by atoms with Gasteiger partial charge in [0.2, 0.25) is 0 Å². The zero-order chi connectivity index (χ0) is 24.4. The number of nitrogens with zero attached hydrogens (tertiary/aromatic N) is 1. The summed E-state index contributed by atoms with van der Waals surface area (Å²) in [5, 5.41) is 6.44. The quantitative estimate of drug-likeness (QED) is 0.259. The molecule has 2 N–H and O–H groups in total. The van der Waals surface area contributed by atoms with E-state index >= 15 is 0 Å². The number of carbonyl (C=O) groups is 1. The smallest absolute Gasteiger partial charge is 0.293 e. The van der Waals surface area contributed by atoms with Crippen molar-refractivity contribution in [3.8, 4) is 11.3 Å². The minimum atomic E-state index is -0.439. The fourth-order valence-corrected chi connectivity index (χ4v) is 3.93. The number of aryl methyl sites for hydroxylation is 1. The Balaban J connectivity index is 1.17. The molecule has 1 amide bonds. The highest BCUT2D eigenvalue weighted by Crippen LogP contribution is 2.24. The molecule has 3 aromatic carbocycles. The van der Waals surface area contributed by atoms with Gasteiger partial charge in [0.1, 0.15) is 11.3 Å². The van der Waals surface area contributed by atoms with E-state index in [1.54, 1.807) is 24.3 Å². The average Bonchev–Trinajstić information content (AvgIpc) is 3.48. The minimum absolute atomic E-state index is 0.156. The molecule has 0 aliphatic rings. The summed E-state index contributed by atoms with van der Waals surface area (Å²) < 4.78 is 11.5. The summed E-state index contributed by atoms with van der Waals surface area (Å²) in [5.41, 5.74) is 5.39. The molecule has 0 bridgehead atoms. The molecular formula is C27H20ClN3O3S. The zero-order valence-electron chi connectivity index (χ0n) is 18.7. The molecule has 5 rings (SSSR count). The molecule has 0 unspecified atom stereocenters. The summed E-state index contributed by atoms with van der Waals surface area (Å²) in [6, 6.07) is 24.1. The number of aromatic nitrogens is 1. The Labute approximate surface area is 211 Å². The number of furan rings is 1. The van der Waals surface area contributed by atoms with Crippen LogP contribution in [-0.4, -0.2) is 16.0 Å². The number of fused-ring (bicyclic) bond motifs is 1. The zero-order valence-corrected chi connectivity index (χ0v) is 20.2. The van der Waals surface area contributed by atoms with E-state index < -0.39 is 5.91 Å². The van der Waals surface area contributed by atoms with Gasteiger partial charge in [0.05, 0.1) is 0 Å². The lowest BCUT2D eigenvalue weighted by Crippen LogP contribution is -2.33. The van der Waals surface area contributed by atoms with Crippen molar-refractivity contribution >= 4 is 51.6 Å². The van der Waals surface area contributed by atoms with E-state index in [1.165, 1.54) is 0 Å². The van der Waals surface area contributed by atoms with Gasteiger partial charge in [-0.05, 0) is 90.9 Å². The molecule has 174 valence electrons. The molecule has 0 spiro atoms. The molecule has 0 aliphatic carbocycles. The number of rotatable bonds is 5. The fourth-order valence-electron chi connectivity index (χ4n) is 3.60. The van der Waals surface area contributed by atoms with Gasteiger partial charge in [-0.1, -0.05) is 29.8 Å². The van der Waals surface area contributed by atoms with E-state index in [1.807, 2.05) is 61.5 Å². The minimum Gasteiger partial charge on any atom is -0.451 e. The van der Waals surface area contributed by atoms with Crippen LogP contribution in [0.3, 0.4) is 0 Å². The Morgan fingerprint density at radius 3 is 2.51 bits per heavy atom. The van der Waals surface area contributed by atoms with E-state index in [4.69, 9.17) is 32.7 Å². The number of benzene rings is 3. The molecule has 2 heterocycles. The SMILES string of the molecule is Cc1ccc2oc(Cc3ccc(NC(=S)NC(=O)c4ccc(-c5ccc(Cl)cc5)o4)cc3)nc2c1. The van der Waals surface area contributed by atoms with Crippen LogP contribution in [0.25, 0.3) is 22.4 Å². The predicted molar refractivity (Wildman–Crippen MR) is 141 cm³/mol. The Morgan fingerprint density at radius 2 is 1.74 bits per heavy atom. The molecule has 0 saturated carbocycles. The first-order chi connectivity index (χ1) is 16.9. The predicted octanol–water partition coefficient (Wildman–Crippen LogP) is 6.77. The van der Waals surface area contributed by atoms with Crippen LogP contribution < -0.4 is 10.6 Å². The molecule has 0 saturated heterocycles. The van der Waals surface area contributed by atoms with Gasteiger partial charge in [-0.25, -0.2) is 4.98 Å². The van der Waals surface area contributed by atoms with E-state index in [0.29, 0.717) is 23.1 Å². The number of halogens is 1. The van der Waals surface area contributed by atoms with Crippen molar-refractivity contribution in [2.45, 2.75) is 13.3 Å². The van der Waals surface area contributed by atoms with E-state index in [0.717, 1.165) is 33.5 Å². The lowest BCUT2D eigenvalue weighted by Gasteiger charge is -2.09. The number of amides is 1. The van der Waals surface area contributed by atoms with Gasteiger partial charge in [-0.2, -0.15) is 0 Å². The van der Waals surface area contributed by atoms with E-state index in [9.17, 15) is 4.79 Å². The second kappa shape index (κ2) is 9.74. The maximum atomic E-state index is 12.5. The molecule has 8 heteroatoms. The molecule has 0 aliphatic heterocycles. The number of hydrogen-bond acceptors (Lipinski definition) is 5. The number of nitrogens with one attached hydrogen (secondary N) is 2. The molecule has 6 nitrogen and oxygen atoms in total. The maximum absolute atomic E-state index is 12.5. The van der Waals surface area contributed by atoms with Gasteiger partial charge in [0.15, 0.2) is 22.3 Å². The van der Waals surface area contributed by atoms with Gasteiger partial charge in [0, 0.05) is 22.7 Å². The van der Waals surface area contributed by atoms with Gasteiger partial charge >= 0.3 is 0 Å². The van der Waals surface area contributed by atoms with Crippen LogP contribution >= 0.6 is 23.8 Å². The first kappa shape index (κ1) is 22.8. The van der Waals surface area contributed by atoms with E-state index in [-0.39, 0.29) is 10.9 Å². The summed E-state index contributed by atoms with van der Waals surface area (Å²) in [7, 11) is 0. The van der Waals surface area contributed by atoms with Crippen molar-refractivity contribution < 1.29 is 13.6 Å². The summed E-state index contributed by atoms with van der Waals surface area (Å²) in [6.45, 7) is 2.03. The molecule has 35 heavy (non-hydrogen) atoms. The standard InChI is InChI=1S/C27H20ClN3O3S/c1-16-2-11-23-21(14-16)30-25(34-23)15-17-3-9-20(10-4-17)29-27(35)31-26(32)24-13-12-22(33-24)18-5-7-19(28)8-6-18/h2-14H,15H2,1H3,(H2,29,31,32,35). The van der Waals surface area contributed by atoms with Crippen molar-refractivity contribution in [1.29, 1.82) is 0 Å². The van der Waals surface area contributed by atoms with Gasteiger partial charge in [0.25, 0.3) is 5.91 Å².